The molecule has 2 rings (SSSR count). The Morgan fingerprint density at radius 1 is 1.61 bits per heavy atom. The van der Waals surface area contributed by atoms with E-state index < -0.39 is 0 Å². The molecule has 2 heterocycles. The Balaban J connectivity index is 0.00000162. The number of nitrogens with one attached hydrogen (secondary N) is 1. The van der Waals surface area contributed by atoms with Gasteiger partial charge < -0.3 is 14.6 Å². The van der Waals surface area contributed by atoms with Crippen molar-refractivity contribution >= 4 is 12.4 Å². The van der Waals surface area contributed by atoms with Gasteiger partial charge >= 0.3 is 0 Å². The molecule has 0 amide bonds. The number of hydrogen-bond acceptors (Lipinski definition) is 6. The monoisotopic (exact) mass is 276 g/mol. The van der Waals surface area contributed by atoms with Gasteiger partial charge in [-0.2, -0.15) is 4.98 Å². The molecule has 0 aliphatic carbocycles. The van der Waals surface area contributed by atoms with Gasteiger partial charge in [-0.15, -0.1) is 12.4 Å². The van der Waals surface area contributed by atoms with Crippen LogP contribution in [0.3, 0.4) is 0 Å². The number of nitrogens with zero attached hydrogens (tertiary/aromatic N) is 3. The minimum Gasteiger partial charge on any atom is -0.374 e. The molecule has 2 atom stereocenters. The van der Waals surface area contributed by atoms with E-state index >= 15 is 0 Å². The summed E-state index contributed by atoms with van der Waals surface area (Å²) in [6, 6.07) is 0.499. The summed E-state index contributed by atoms with van der Waals surface area (Å²) in [6.45, 7) is 7.85. The molecule has 0 aromatic carbocycles. The third kappa shape index (κ3) is 3.65. The molecular weight excluding hydrogens is 256 g/mol. The van der Waals surface area contributed by atoms with E-state index in [9.17, 15) is 0 Å². The van der Waals surface area contributed by atoms with Crippen LogP contribution < -0.4 is 5.32 Å². The second kappa shape index (κ2) is 7.04. The lowest BCUT2D eigenvalue weighted by Gasteiger charge is -2.32. The molecule has 18 heavy (non-hydrogen) atoms. The van der Waals surface area contributed by atoms with E-state index in [-0.39, 0.29) is 18.5 Å². The fourth-order valence-corrected chi connectivity index (χ4v) is 1.89. The Bertz CT molecular complexity index is 361. The fourth-order valence-electron chi connectivity index (χ4n) is 1.89. The van der Waals surface area contributed by atoms with Crippen LogP contribution in [0.2, 0.25) is 0 Å². The molecule has 1 aliphatic heterocycles. The van der Waals surface area contributed by atoms with Crippen LogP contribution in [0.25, 0.3) is 0 Å². The molecule has 1 fully saturated rings. The highest BCUT2D eigenvalue weighted by molar-refractivity contribution is 5.85. The van der Waals surface area contributed by atoms with Crippen molar-refractivity contribution in [3.8, 4) is 0 Å². The van der Waals surface area contributed by atoms with Gasteiger partial charge in [-0.3, -0.25) is 4.90 Å². The smallest absolute Gasteiger partial charge is 0.240 e. The first-order chi connectivity index (χ1) is 8.20. The molecule has 104 valence electrons. The Hall–Kier alpha value is -0.690. The highest BCUT2D eigenvalue weighted by Gasteiger charge is 2.21. The number of rotatable bonds is 4. The fraction of sp³-hybridized carbons (Fsp3) is 0.818. The van der Waals surface area contributed by atoms with E-state index in [4.69, 9.17) is 9.26 Å². The maximum Gasteiger partial charge on any atom is 0.240 e. The van der Waals surface area contributed by atoms with Gasteiger partial charge in [-0.05, 0) is 13.8 Å². The molecule has 6 nitrogen and oxygen atoms in total. The van der Waals surface area contributed by atoms with Gasteiger partial charge in [0.25, 0.3) is 0 Å². The third-order valence-electron chi connectivity index (χ3n) is 3.18. The van der Waals surface area contributed by atoms with Gasteiger partial charge in [-0.25, -0.2) is 0 Å². The Labute approximate surface area is 113 Å². The van der Waals surface area contributed by atoms with Gasteiger partial charge in [-0.1, -0.05) is 5.16 Å². The maximum atomic E-state index is 5.24. The van der Waals surface area contributed by atoms with E-state index in [0.717, 1.165) is 19.6 Å². The van der Waals surface area contributed by atoms with Gasteiger partial charge in [0.2, 0.25) is 5.89 Å². The summed E-state index contributed by atoms with van der Waals surface area (Å²) >= 11 is 0. The second-order valence-electron chi connectivity index (χ2n) is 4.45. The normalized spacial score (nSPS) is 22.5. The van der Waals surface area contributed by atoms with Crippen molar-refractivity contribution in [1.29, 1.82) is 0 Å². The first kappa shape index (κ1) is 15.4. The molecule has 0 bridgehead atoms. The summed E-state index contributed by atoms with van der Waals surface area (Å²) in [6.07, 6.45) is -0.118. The number of ether oxygens (including phenoxy) is 1. The van der Waals surface area contributed by atoms with E-state index in [1.54, 1.807) is 7.11 Å². The van der Waals surface area contributed by atoms with E-state index in [0.29, 0.717) is 24.3 Å². The third-order valence-corrected chi connectivity index (χ3v) is 3.18. The van der Waals surface area contributed by atoms with Crippen molar-refractivity contribution in [1.82, 2.24) is 20.4 Å². The van der Waals surface area contributed by atoms with Crippen molar-refractivity contribution in [2.75, 3.05) is 26.7 Å². The molecule has 1 aromatic heterocycles. The zero-order valence-corrected chi connectivity index (χ0v) is 11.9. The topological polar surface area (TPSA) is 63.4 Å². The summed E-state index contributed by atoms with van der Waals surface area (Å²) in [5, 5.41) is 7.28. The van der Waals surface area contributed by atoms with Crippen LogP contribution in [0.1, 0.15) is 31.7 Å². The number of methoxy groups -OCH3 is 1. The van der Waals surface area contributed by atoms with Crippen molar-refractivity contribution in [3.05, 3.63) is 11.7 Å². The van der Waals surface area contributed by atoms with Crippen LogP contribution in [-0.4, -0.2) is 47.8 Å². The summed E-state index contributed by atoms with van der Waals surface area (Å²) in [5.41, 5.74) is 0. The molecule has 7 heteroatoms. The minimum absolute atomic E-state index is 0. The molecule has 1 aliphatic rings. The molecule has 0 radical (unpaired) electrons. The number of halogens is 1. The lowest BCUT2D eigenvalue weighted by atomic mass is 10.2. The average Bonchev–Trinajstić information content (AvgIpc) is 2.80. The molecule has 0 spiro atoms. The zero-order chi connectivity index (χ0) is 12.3. The molecule has 1 saturated heterocycles. The van der Waals surface area contributed by atoms with Crippen molar-refractivity contribution in [2.24, 2.45) is 0 Å². The summed E-state index contributed by atoms with van der Waals surface area (Å²) in [5.74, 6) is 1.28. The van der Waals surface area contributed by atoms with Gasteiger partial charge in [0.15, 0.2) is 5.82 Å². The highest BCUT2D eigenvalue weighted by atomic mass is 35.5. The van der Waals surface area contributed by atoms with Gasteiger partial charge in [0.05, 0.1) is 6.54 Å². The van der Waals surface area contributed by atoms with Crippen molar-refractivity contribution < 1.29 is 9.26 Å². The molecule has 1 N–H and O–H groups in total. The van der Waals surface area contributed by atoms with Gasteiger partial charge in [0, 0.05) is 32.8 Å². The minimum atomic E-state index is -0.118. The lowest BCUT2D eigenvalue weighted by Crippen LogP contribution is -2.49. The van der Waals surface area contributed by atoms with Gasteiger partial charge in [0.1, 0.15) is 6.10 Å². The zero-order valence-electron chi connectivity index (χ0n) is 11.0. The van der Waals surface area contributed by atoms with Crippen LogP contribution in [0, 0.1) is 0 Å². The molecule has 0 saturated carbocycles. The van der Waals surface area contributed by atoms with E-state index in [1.165, 1.54) is 0 Å². The lowest BCUT2D eigenvalue weighted by molar-refractivity contribution is 0.109. The molecule has 1 unspecified atom stereocenters. The maximum absolute atomic E-state index is 5.24. The van der Waals surface area contributed by atoms with Crippen LogP contribution in [0.15, 0.2) is 4.52 Å². The average molecular weight is 277 g/mol. The molecular formula is C11H21ClN4O2. The SMILES string of the molecule is COC(C)c1noc(CN2CCNC[C@H]2C)n1.Cl. The van der Waals surface area contributed by atoms with Crippen molar-refractivity contribution in [2.45, 2.75) is 32.5 Å². The van der Waals surface area contributed by atoms with Crippen LogP contribution in [0.5, 0.6) is 0 Å². The van der Waals surface area contributed by atoms with E-state index in [1.807, 2.05) is 6.92 Å². The number of hydrogen-bond donors (Lipinski definition) is 1. The van der Waals surface area contributed by atoms with Crippen LogP contribution >= 0.6 is 12.4 Å². The Kier molecular flexibility index (Phi) is 6.01. The standard InChI is InChI=1S/C11H20N4O2.ClH/c1-8-6-12-4-5-15(8)7-10-13-11(14-17-10)9(2)16-3;/h8-9,12H,4-7H2,1-3H3;1H/t8-,9?;/m1./s1. The quantitative estimate of drug-likeness (QED) is 0.885. The van der Waals surface area contributed by atoms with Crippen molar-refractivity contribution in [3.63, 3.8) is 0 Å². The van der Waals surface area contributed by atoms with Crippen LogP contribution in [0.4, 0.5) is 0 Å². The predicted octanol–water partition coefficient (Wildman–Crippen LogP) is 0.992. The van der Waals surface area contributed by atoms with E-state index in [2.05, 4.69) is 27.3 Å². The first-order valence-electron chi connectivity index (χ1n) is 6.00. The summed E-state index contributed by atoms with van der Waals surface area (Å²) in [4.78, 5) is 6.68. The number of piperazine rings is 1. The molecule has 1 aromatic rings. The largest absolute Gasteiger partial charge is 0.374 e. The second-order valence-corrected chi connectivity index (χ2v) is 4.45. The highest BCUT2D eigenvalue weighted by Crippen LogP contribution is 2.14. The first-order valence-corrected chi connectivity index (χ1v) is 6.00. The Morgan fingerprint density at radius 3 is 3.06 bits per heavy atom. The van der Waals surface area contributed by atoms with Crippen LogP contribution in [-0.2, 0) is 11.3 Å². The summed E-state index contributed by atoms with van der Waals surface area (Å²) < 4.78 is 10.4. The summed E-state index contributed by atoms with van der Waals surface area (Å²) in [7, 11) is 1.64. The number of aromatic nitrogens is 2. The Morgan fingerprint density at radius 2 is 2.39 bits per heavy atom. The predicted molar refractivity (Wildman–Crippen MR) is 69.7 cm³/mol.